The van der Waals surface area contributed by atoms with E-state index in [9.17, 15) is 13.2 Å². The van der Waals surface area contributed by atoms with Gasteiger partial charge in [-0.05, 0) is 60.9 Å². The van der Waals surface area contributed by atoms with Crippen LogP contribution < -0.4 is 5.56 Å². The summed E-state index contributed by atoms with van der Waals surface area (Å²) in [5.74, 6) is 0.312. The van der Waals surface area contributed by atoms with E-state index in [4.69, 9.17) is 4.74 Å². The normalized spacial score (nSPS) is 17.1. The Balaban J connectivity index is 1.77. The zero-order valence-electron chi connectivity index (χ0n) is 20.5. The summed E-state index contributed by atoms with van der Waals surface area (Å²) in [6, 6.07) is 11.0. The number of nitrogens with one attached hydrogen (secondary N) is 1. The average Bonchev–Trinajstić information content (AvgIpc) is 3.25. The van der Waals surface area contributed by atoms with Gasteiger partial charge in [0, 0.05) is 13.2 Å². The lowest BCUT2D eigenvalue weighted by molar-refractivity contribution is 0.0921. The smallest absolute Gasteiger partial charge is 0.258 e. The van der Waals surface area contributed by atoms with Gasteiger partial charge in [0.05, 0.1) is 28.4 Å². The van der Waals surface area contributed by atoms with Gasteiger partial charge in [-0.1, -0.05) is 45.0 Å². The van der Waals surface area contributed by atoms with Gasteiger partial charge >= 0.3 is 0 Å². The van der Waals surface area contributed by atoms with E-state index in [1.807, 2.05) is 32.0 Å². The summed E-state index contributed by atoms with van der Waals surface area (Å²) >= 11 is 0. The van der Waals surface area contributed by atoms with Gasteiger partial charge in [-0.15, -0.1) is 0 Å². The molecule has 2 heterocycles. The van der Waals surface area contributed by atoms with Crippen molar-refractivity contribution in [3.05, 3.63) is 69.3 Å². The third kappa shape index (κ3) is 4.94. The second-order valence-electron chi connectivity index (χ2n) is 10.2. The summed E-state index contributed by atoms with van der Waals surface area (Å²) in [7, 11) is -3.89. The predicted octanol–water partition coefficient (Wildman–Crippen LogP) is 4.21. The zero-order chi connectivity index (χ0) is 24.7. The molecule has 1 unspecified atom stereocenters. The van der Waals surface area contributed by atoms with Crippen LogP contribution in [0.1, 0.15) is 56.1 Å². The van der Waals surface area contributed by atoms with Gasteiger partial charge in [0.15, 0.2) is 0 Å². The van der Waals surface area contributed by atoms with Crippen LogP contribution in [-0.2, 0) is 26.7 Å². The van der Waals surface area contributed by atoms with Crippen LogP contribution in [-0.4, -0.2) is 41.9 Å². The van der Waals surface area contributed by atoms with Crippen molar-refractivity contribution in [2.75, 3.05) is 13.2 Å². The molecule has 1 N–H and O–H groups in total. The van der Waals surface area contributed by atoms with E-state index in [0.717, 1.165) is 18.4 Å². The molecule has 3 aromatic rings. The van der Waals surface area contributed by atoms with Crippen LogP contribution in [0.4, 0.5) is 0 Å². The molecule has 4 rings (SSSR count). The minimum absolute atomic E-state index is 0.0395. The van der Waals surface area contributed by atoms with Crippen LogP contribution in [0.3, 0.4) is 0 Å². The summed E-state index contributed by atoms with van der Waals surface area (Å²) in [5.41, 5.74) is 2.68. The Hall–Kier alpha value is -2.55. The van der Waals surface area contributed by atoms with Crippen molar-refractivity contribution in [1.29, 1.82) is 0 Å². The number of aromatic nitrogens is 2. The molecule has 0 spiro atoms. The van der Waals surface area contributed by atoms with Crippen molar-refractivity contribution in [2.45, 2.75) is 70.4 Å². The number of ether oxygens (including phenoxy) is 1. The van der Waals surface area contributed by atoms with Gasteiger partial charge in [0.1, 0.15) is 5.82 Å². The van der Waals surface area contributed by atoms with Gasteiger partial charge in [0.25, 0.3) is 5.56 Å². The van der Waals surface area contributed by atoms with Crippen molar-refractivity contribution in [2.24, 2.45) is 0 Å². The zero-order valence-corrected chi connectivity index (χ0v) is 21.3. The fraction of sp³-hybridized carbons (Fsp3) is 0.462. The standard InChI is InChI=1S/C26H33N3O4S/c1-17-13-19(26(3,4)5)14-18(2)24(17)34(31,32)29(15-20-9-8-12-33-20)16-23-27-22-11-7-6-10-21(22)25(30)28-23/h6-7,10-11,13-14,20H,8-9,12,15-16H2,1-5H3,(H,27,28,30). The van der Waals surface area contributed by atoms with Gasteiger partial charge in [0.2, 0.25) is 10.0 Å². The lowest BCUT2D eigenvalue weighted by Crippen LogP contribution is -2.38. The second-order valence-corrected chi connectivity index (χ2v) is 12.0. The van der Waals surface area contributed by atoms with Crippen molar-refractivity contribution < 1.29 is 13.2 Å². The van der Waals surface area contributed by atoms with Crippen molar-refractivity contribution in [3.63, 3.8) is 0 Å². The van der Waals surface area contributed by atoms with E-state index in [0.29, 0.717) is 39.4 Å². The number of aromatic amines is 1. The maximum Gasteiger partial charge on any atom is 0.258 e. The Kier molecular flexibility index (Phi) is 6.68. The molecule has 2 aromatic carbocycles. The van der Waals surface area contributed by atoms with Crippen LogP contribution in [0.15, 0.2) is 46.1 Å². The molecule has 34 heavy (non-hydrogen) atoms. The van der Waals surface area contributed by atoms with Crippen LogP contribution in [0, 0.1) is 13.8 Å². The number of benzene rings is 2. The number of sulfonamides is 1. The van der Waals surface area contributed by atoms with E-state index in [2.05, 4.69) is 30.7 Å². The molecule has 1 aliphatic rings. The topological polar surface area (TPSA) is 92.4 Å². The number of hydrogen-bond donors (Lipinski definition) is 1. The molecule has 1 saturated heterocycles. The Bertz CT molecular complexity index is 1340. The lowest BCUT2D eigenvalue weighted by Gasteiger charge is -2.27. The molecular formula is C26H33N3O4S. The van der Waals surface area contributed by atoms with Gasteiger partial charge in [-0.3, -0.25) is 4.79 Å². The van der Waals surface area contributed by atoms with Crippen molar-refractivity contribution in [1.82, 2.24) is 14.3 Å². The summed E-state index contributed by atoms with van der Waals surface area (Å²) in [6.45, 7) is 10.8. The number of aryl methyl sites for hydroxylation is 2. The van der Waals surface area contributed by atoms with Crippen LogP contribution in [0.5, 0.6) is 0 Å². The summed E-state index contributed by atoms with van der Waals surface area (Å²) in [6.07, 6.45) is 1.52. The molecule has 7 nitrogen and oxygen atoms in total. The quantitative estimate of drug-likeness (QED) is 0.567. The van der Waals surface area contributed by atoms with Gasteiger partial charge < -0.3 is 9.72 Å². The highest BCUT2D eigenvalue weighted by molar-refractivity contribution is 7.89. The van der Waals surface area contributed by atoms with Gasteiger partial charge in [-0.25, -0.2) is 13.4 Å². The van der Waals surface area contributed by atoms with Crippen LogP contribution in [0.2, 0.25) is 0 Å². The first-order chi connectivity index (χ1) is 16.0. The molecule has 1 aromatic heterocycles. The summed E-state index contributed by atoms with van der Waals surface area (Å²) < 4.78 is 35.2. The molecule has 0 aliphatic carbocycles. The largest absolute Gasteiger partial charge is 0.377 e. The fourth-order valence-electron chi connectivity index (χ4n) is 4.56. The highest BCUT2D eigenvalue weighted by Crippen LogP contribution is 2.32. The van der Waals surface area contributed by atoms with E-state index < -0.39 is 10.0 Å². The van der Waals surface area contributed by atoms with Crippen LogP contribution in [0.25, 0.3) is 10.9 Å². The molecule has 1 fully saturated rings. The number of hydrogen-bond acceptors (Lipinski definition) is 5. The maximum absolute atomic E-state index is 14.0. The minimum atomic E-state index is -3.89. The Morgan fingerprint density at radius 1 is 1.15 bits per heavy atom. The number of nitrogens with zero attached hydrogens (tertiary/aromatic N) is 2. The first kappa shape index (κ1) is 24.6. The third-order valence-corrected chi connectivity index (χ3v) is 8.46. The van der Waals surface area contributed by atoms with Crippen LogP contribution >= 0.6 is 0 Å². The molecule has 182 valence electrons. The number of para-hydroxylation sites is 1. The number of H-pyrrole nitrogens is 1. The molecule has 0 bridgehead atoms. The monoisotopic (exact) mass is 483 g/mol. The first-order valence-corrected chi connectivity index (χ1v) is 13.1. The predicted molar refractivity (Wildman–Crippen MR) is 134 cm³/mol. The number of fused-ring (bicyclic) bond motifs is 1. The Morgan fingerprint density at radius 3 is 2.44 bits per heavy atom. The first-order valence-electron chi connectivity index (χ1n) is 11.7. The van der Waals surface area contributed by atoms with E-state index in [-0.39, 0.29) is 30.2 Å². The van der Waals surface area contributed by atoms with Crippen molar-refractivity contribution in [3.8, 4) is 0 Å². The fourth-order valence-corrected chi connectivity index (χ4v) is 6.40. The number of rotatable bonds is 6. The van der Waals surface area contributed by atoms with E-state index >= 15 is 0 Å². The average molecular weight is 484 g/mol. The van der Waals surface area contributed by atoms with Gasteiger partial charge in [-0.2, -0.15) is 4.31 Å². The second kappa shape index (κ2) is 9.24. The Morgan fingerprint density at radius 2 is 1.82 bits per heavy atom. The minimum Gasteiger partial charge on any atom is -0.377 e. The Labute approximate surface area is 201 Å². The lowest BCUT2D eigenvalue weighted by atomic mass is 9.85. The molecule has 1 aliphatic heterocycles. The molecular weight excluding hydrogens is 450 g/mol. The maximum atomic E-state index is 14.0. The highest BCUT2D eigenvalue weighted by atomic mass is 32.2. The highest BCUT2D eigenvalue weighted by Gasteiger charge is 2.33. The summed E-state index contributed by atoms with van der Waals surface area (Å²) in [5, 5.41) is 0.476. The third-order valence-electron chi connectivity index (χ3n) is 6.34. The van der Waals surface area contributed by atoms with E-state index in [1.165, 1.54) is 4.31 Å². The SMILES string of the molecule is Cc1cc(C(C)(C)C)cc(C)c1S(=O)(=O)N(Cc1nc2ccccc2c(=O)[nH]1)CC1CCCO1. The van der Waals surface area contributed by atoms with E-state index in [1.54, 1.807) is 18.2 Å². The van der Waals surface area contributed by atoms with Crippen molar-refractivity contribution >= 4 is 20.9 Å². The summed E-state index contributed by atoms with van der Waals surface area (Å²) in [4.78, 5) is 20.2. The molecule has 0 radical (unpaired) electrons. The molecule has 0 amide bonds. The molecule has 1 atom stereocenters. The molecule has 0 saturated carbocycles. The molecule has 8 heteroatoms.